The highest BCUT2D eigenvalue weighted by Gasteiger charge is 2.31. The van der Waals surface area contributed by atoms with E-state index in [-0.39, 0.29) is 4.32 Å². The summed E-state index contributed by atoms with van der Waals surface area (Å²) in [6.45, 7) is -0.225. The van der Waals surface area contributed by atoms with Gasteiger partial charge in [-0.15, -0.1) is 0 Å². The van der Waals surface area contributed by atoms with Gasteiger partial charge in [-0.25, -0.2) is 0 Å². The van der Waals surface area contributed by atoms with Gasteiger partial charge in [0.15, 0.2) is 11.5 Å². The molecule has 0 aromatic heterocycles. The molecule has 150 valence electrons. The molecule has 3 rings (SSSR count). The van der Waals surface area contributed by atoms with E-state index in [0.717, 1.165) is 22.2 Å². The van der Waals surface area contributed by atoms with Crippen LogP contribution in [-0.4, -0.2) is 34.8 Å². The molecule has 29 heavy (non-hydrogen) atoms. The highest BCUT2D eigenvalue weighted by molar-refractivity contribution is 8.26. The molecule has 0 atom stereocenters. The Morgan fingerprint density at radius 1 is 1.24 bits per heavy atom. The number of amides is 1. The lowest BCUT2D eigenvalue weighted by Crippen LogP contribution is -2.40. The maximum Gasteiger partial charge on any atom is 0.266 e. The summed E-state index contributed by atoms with van der Waals surface area (Å²) in [5, 5.41) is 11.4. The summed E-state index contributed by atoms with van der Waals surface area (Å²) in [6.07, 6.45) is 1.63. The average Bonchev–Trinajstić information content (AvgIpc) is 2.95. The molecule has 1 aliphatic rings. The van der Waals surface area contributed by atoms with Crippen molar-refractivity contribution in [2.45, 2.75) is 6.61 Å². The third-order valence-electron chi connectivity index (χ3n) is 3.95. The first-order valence-corrected chi connectivity index (χ1v) is 9.98. The molecule has 1 heterocycles. The molecule has 0 spiro atoms. The van der Waals surface area contributed by atoms with E-state index in [1.54, 1.807) is 36.4 Å². The largest absolute Gasteiger partial charge is 0.548 e. The zero-order valence-electron chi connectivity index (χ0n) is 15.2. The number of carbonyl (C=O) groups is 2. The normalized spacial score (nSPS) is 15.1. The number of benzene rings is 2. The molecule has 0 saturated carbocycles. The predicted molar refractivity (Wildman–Crippen MR) is 114 cm³/mol. The molecule has 1 amide bonds. The Morgan fingerprint density at radius 2 is 1.97 bits per heavy atom. The van der Waals surface area contributed by atoms with Crippen LogP contribution in [0.4, 0.5) is 0 Å². The second kappa shape index (κ2) is 9.30. The number of carboxylic acids is 1. The summed E-state index contributed by atoms with van der Waals surface area (Å²) < 4.78 is 11.4. The van der Waals surface area contributed by atoms with Gasteiger partial charge in [0.2, 0.25) is 0 Å². The standard InChI is InChI=1S/C20H16ClNO5S2/c1-26-16-8-13(9-17-19(25)22(10-18(23)24)20(28)29-17)4-7-15(16)27-11-12-2-5-14(21)6-3-12/h2-9H,10-11H2,1H3,(H,23,24)/p-1/b17-9+. The quantitative estimate of drug-likeness (QED) is 0.476. The molecule has 0 unspecified atom stereocenters. The number of thioether (sulfide) groups is 1. The zero-order chi connectivity index (χ0) is 21.0. The fourth-order valence-electron chi connectivity index (χ4n) is 2.55. The highest BCUT2D eigenvalue weighted by Crippen LogP contribution is 2.34. The van der Waals surface area contributed by atoms with Crippen LogP contribution >= 0.6 is 35.6 Å². The van der Waals surface area contributed by atoms with Crippen LogP contribution in [0, 0.1) is 0 Å². The summed E-state index contributed by atoms with van der Waals surface area (Å²) >= 11 is 12.0. The minimum Gasteiger partial charge on any atom is -0.548 e. The van der Waals surface area contributed by atoms with Crippen molar-refractivity contribution in [3.8, 4) is 11.5 Å². The van der Waals surface area contributed by atoms with Crippen LogP contribution in [0.15, 0.2) is 47.4 Å². The van der Waals surface area contributed by atoms with Crippen molar-refractivity contribution in [1.29, 1.82) is 0 Å². The molecule has 1 fully saturated rings. The van der Waals surface area contributed by atoms with Crippen molar-refractivity contribution in [3.63, 3.8) is 0 Å². The van der Waals surface area contributed by atoms with Gasteiger partial charge in [0.25, 0.3) is 5.91 Å². The Balaban J connectivity index is 1.75. The van der Waals surface area contributed by atoms with Gasteiger partial charge in [0.05, 0.1) is 24.5 Å². The topological polar surface area (TPSA) is 78.9 Å². The van der Waals surface area contributed by atoms with E-state index in [2.05, 4.69) is 0 Å². The molecule has 2 aromatic rings. The lowest BCUT2D eigenvalue weighted by molar-refractivity contribution is -0.305. The minimum absolute atomic E-state index is 0.181. The number of hydrogen-bond donors (Lipinski definition) is 0. The molecule has 0 N–H and O–H groups in total. The first-order chi connectivity index (χ1) is 13.9. The lowest BCUT2D eigenvalue weighted by Gasteiger charge is -2.14. The van der Waals surface area contributed by atoms with Crippen molar-refractivity contribution < 1.29 is 24.2 Å². The average molecular weight is 449 g/mol. The first-order valence-electron chi connectivity index (χ1n) is 8.38. The van der Waals surface area contributed by atoms with E-state index in [9.17, 15) is 14.7 Å². The molecule has 6 nitrogen and oxygen atoms in total. The zero-order valence-corrected chi connectivity index (χ0v) is 17.6. The van der Waals surface area contributed by atoms with Crippen LogP contribution in [0.5, 0.6) is 11.5 Å². The Labute approximate surface area is 182 Å². The van der Waals surface area contributed by atoms with Gasteiger partial charge < -0.3 is 19.4 Å². The predicted octanol–water partition coefficient (Wildman–Crippen LogP) is 2.88. The molecule has 0 radical (unpaired) electrons. The van der Waals surface area contributed by atoms with Gasteiger partial charge in [-0.2, -0.15) is 0 Å². The Kier molecular flexibility index (Phi) is 6.79. The van der Waals surface area contributed by atoms with Gasteiger partial charge >= 0.3 is 0 Å². The summed E-state index contributed by atoms with van der Waals surface area (Å²) in [5.74, 6) is -0.792. The van der Waals surface area contributed by atoms with Gasteiger partial charge in [-0.3, -0.25) is 9.69 Å². The van der Waals surface area contributed by atoms with E-state index in [0.29, 0.717) is 33.6 Å². The molecule has 1 saturated heterocycles. The maximum absolute atomic E-state index is 12.4. The van der Waals surface area contributed by atoms with Gasteiger partial charge in [-0.1, -0.05) is 53.8 Å². The molecule has 2 aromatic carbocycles. The summed E-state index contributed by atoms with van der Waals surface area (Å²) in [4.78, 5) is 24.5. The van der Waals surface area contributed by atoms with E-state index in [1.807, 2.05) is 12.1 Å². The number of hydrogen-bond acceptors (Lipinski definition) is 7. The molecular formula is C20H15ClNO5S2-. The van der Waals surface area contributed by atoms with E-state index in [4.69, 9.17) is 33.3 Å². The molecular weight excluding hydrogens is 434 g/mol. The Bertz CT molecular complexity index is 991. The number of thiocarbonyl (C=S) groups is 1. The number of nitrogens with zero attached hydrogens (tertiary/aromatic N) is 1. The maximum atomic E-state index is 12.4. The summed E-state index contributed by atoms with van der Waals surface area (Å²) in [6, 6.07) is 12.6. The fraction of sp³-hybridized carbons (Fsp3) is 0.150. The first kappa shape index (κ1) is 21.2. The van der Waals surface area contributed by atoms with Crippen LogP contribution in [0.3, 0.4) is 0 Å². The summed E-state index contributed by atoms with van der Waals surface area (Å²) in [7, 11) is 1.52. The molecule has 0 bridgehead atoms. The molecule has 1 aliphatic heterocycles. The Morgan fingerprint density at radius 3 is 2.62 bits per heavy atom. The van der Waals surface area contributed by atoms with Crippen LogP contribution in [0.2, 0.25) is 5.02 Å². The van der Waals surface area contributed by atoms with Gasteiger partial charge in [-0.05, 0) is 41.5 Å². The lowest BCUT2D eigenvalue weighted by atomic mass is 10.1. The SMILES string of the molecule is COc1cc(/C=C2/SC(=S)N(CC(=O)[O-])C2=O)ccc1OCc1ccc(Cl)cc1. The van der Waals surface area contributed by atoms with Crippen LogP contribution in [-0.2, 0) is 16.2 Å². The second-order valence-electron chi connectivity index (χ2n) is 5.97. The fourth-order valence-corrected chi connectivity index (χ4v) is 3.93. The van der Waals surface area contributed by atoms with Crippen LogP contribution < -0.4 is 14.6 Å². The third kappa shape index (κ3) is 5.29. The van der Waals surface area contributed by atoms with Crippen molar-refractivity contribution >= 4 is 57.9 Å². The molecule has 0 aliphatic carbocycles. The van der Waals surface area contributed by atoms with Crippen molar-refractivity contribution in [2.75, 3.05) is 13.7 Å². The number of aliphatic carboxylic acids is 1. The van der Waals surface area contributed by atoms with E-state index < -0.39 is 18.4 Å². The van der Waals surface area contributed by atoms with Crippen LogP contribution in [0.25, 0.3) is 6.08 Å². The van der Waals surface area contributed by atoms with E-state index >= 15 is 0 Å². The van der Waals surface area contributed by atoms with E-state index in [1.165, 1.54) is 7.11 Å². The number of carboxylic acid groups (broad SMARTS) is 1. The number of ether oxygens (including phenoxy) is 2. The second-order valence-corrected chi connectivity index (χ2v) is 8.08. The van der Waals surface area contributed by atoms with Crippen LogP contribution in [0.1, 0.15) is 11.1 Å². The van der Waals surface area contributed by atoms with Crippen molar-refractivity contribution in [1.82, 2.24) is 4.90 Å². The van der Waals surface area contributed by atoms with Crippen molar-refractivity contribution in [2.24, 2.45) is 0 Å². The number of rotatable bonds is 7. The van der Waals surface area contributed by atoms with Gasteiger partial charge in [0, 0.05) is 5.02 Å². The summed E-state index contributed by atoms with van der Waals surface area (Å²) in [5.41, 5.74) is 1.65. The highest BCUT2D eigenvalue weighted by atomic mass is 35.5. The number of methoxy groups -OCH3 is 1. The third-order valence-corrected chi connectivity index (χ3v) is 5.58. The monoisotopic (exact) mass is 448 g/mol. The van der Waals surface area contributed by atoms with Gasteiger partial charge in [0.1, 0.15) is 10.9 Å². The Hall–Kier alpha value is -2.55. The number of halogens is 1. The number of carbonyl (C=O) groups excluding carboxylic acids is 2. The van der Waals surface area contributed by atoms with Crippen molar-refractivity contribution in [3.05, 3.63) is 63.5 Å². The minimum atomic E-state index is -1.37. The smallest absolute Gasteiger partial charge is 0.266 e. The molecule has 9 heteroatoms.